The number of rotatable bonds is 6. The Morgan fingerprint density at radius 2 is 2.29 bits per heavy atom. The molecule has 0 saturated carbocycles. The minimum Gasteiger partial charge on any atom is -0.395 e. The third-order valence-corrected chi connectivity index (χ3v) is 3.36. The normalized spacial score (nSPS) is 27.6. The van der Waals surface area contributed by atoms with Gasteiger partial charge in [0.15, 0.2) is 0 Å². The molecule has 17 heavy (non-hydrogen) atoms. The van der Waals surface area contributed by atoms with Crippen molar-refractivity contribution in [1.82, 2.24) is 10.2 Å². The SMILES string of the molecule is CCC(O)C1CC(NCCO)CN(CC#N)C1. The van der Waals surface area contributed by atoms with Gasteiger partial charge in [-0.3, -0.25) is 4.90 Å². The van der Waals surface area contributed by atoms with Crippen LogP contribution < -0.4 is 5.32 Å². The highest BCUT2D eigenvalue weighted by atomic mass is 16.3. The first-order valence-corrected chi connectivity index (χ1v) is 6.32. The first kappa shape index (κ1) is 14.4. The van der Waals surface area contributed by atoms with Crippen molar-refractivity contribution in [2.45, 2.75) is 31.9 Å². The van der Waals surface area contributed by atoms with E-state index in [1.165, 1.54) is 0 Å². The number of hydrogen-bond donors (Lipinski definition) is 3. The van der Waals surface area contributed by atoms with Crippen LogP contribution in [0.5, 0.6) is 0 Å². The van der Waals surface area contributed by atoms with Crippen LogP contribution in [-0.2, 0) is 0 Å². The fourth-order valence-electron chi connectivity index (χ4n) is 2.49. The number of likely N-dealkylation sites (tertiary alicyclic amines) is 1. The number of piperidine rings is 1. The summed E-state index contributed by atoms with van der Waals surface area (Å²) in [4.78, 5) is 2.07. The summed E-state index contributed by atoms with van der Waals surface area (Å²) in [5, 5.41) is 30.7. The summed E-state index contributed by atoms with van der Waals surface area (Å²) in [6, 6.07) is 2.42. The number of hydrogen-bond acceptors (Lipinski definition) is 5. The maximum Gasteiger partial charge on any atom is 0.0866 e. The molecule has 3 atom stereocenters. The predicted octanol–water partition coefficient (Wildman–Crippen LogP) is -0.447. The van der Waals surface area contributed by atoms with Crippen molar-refractivity contribution >= 4 is 0 Å². The molecular weight excluding hydrogens is 218 g/mol. The molecular formula is C12H23N3O2. The molecule has 1 saturated heterocycles. The molecule has 1 fully saturated rings. The second-order valence-corrected chi connectivity index (χ2v) is 4.70. The second-order valence-electron chi connectivity index (χ2n) is 4.70. The maximum atomic E-state index is 9.93. The van der Waals surface area contributed by atoms with Crippen LogP contribution >= 0.6 is 0 Å². The van der Waals surface area contributed by atoms with E-state index in [4.69, 9.17) is 10.4 Å². The predicted molar refractivity (Wildman–Crippen MR) is 65.3 cm³/mol. The average molecular weight is 241 g/mol. The molecule has 0 spiro atoms. The average Bonchev–Trinajstić information content (AvgIpc) is 2.35. The Hall–Kier alpha value is -0.670. The Labute approximate surface area is 103 Å². The van der Waals surface area contributed by atoms with Gasteiger partial charge >= 0.3 is 0 Å². The molecule has 1 rings (SSSR count). The van der Waals surface area contributed by atoms with Gasteiger partial charge in [0.1, 0.15) is 0 Å². The van der Waals surface area contributed by atoms with Crippen molar-refractivity contribution in [3.8, 4) is 6.07 Å². The van der Waals surface area contributed by atoms with Crippen LogP contribution in [0.4, 0.5) is 0 Å². The van der Waals surface area contributed by atoms with Crippen molar-refractivity contribution in [2.24, 2.45) is 5.92 Å². The molecule has 1 aliphatic heterocycles. The molecule has 0 aromatic rings. The van der Waals surface area contributed by atoms with Gasteiger partial charge < -0.3 is 15.5 Å². The second kappa shape index (κ2) is 7.62. The van der Waals surface area contributed by atoms with E-state index in [0.29, 0.717) is 13.1 Å². The molecule has 0 amide bonds. The zero-order valence-corrected chi connectivity index (χ0v) is 10.5. The minimum atomic E-state index is -0.296. The van der Waals surface area contributed by atoms with Crippen LogP contribution in [0, 0.1) is 17.2 Å². The Morgan fingerprint density at radius 3 is 2.88 bits per heavy atom. The molecule has 0 radical (unpaired) electrons. The molecule has 0 aliphatic carbocycles. The van der Waals surface area contributed by atoms with Crippen molar-refractivity contribution in [3.05, 3.63) is 0 Å². The van der Waals surface area contributed by atoms with E-state index in [2.05, 4.69) is 16.3 Å². The number of nitriles is 1. The van der Waals surface area contributed by atoms with E-state index in [0.717, 1.165) is 25.9 Å². The van der Waals surface area contributed by atoms with Gasteiger partial charge in [-0.1, -0.05) is 6.92 Å². The van der Waals surface area contributed by atoms with Gasteiger partial charge in [0.05, 0.1) is 25.3 Å². The lowest BCUT2D eigenvalue weighted by Gasteiger charge is -2.38. The van der Waals surface area contributed by atoms with E-state index < -0.39 is 0 Å². The number of aliphatic hydroxyl groups excluding tert-OH is 2. The minimum absolute atomic E-state index is 0.121. The highest BCUT2D eigenvalue weighted by molar-refractivity contribution is 4.89. The summed E-state index contributed by atoms with van der Waals surface area (Å²) in [5.41, 5.74) is 0. The first-order valence-electron chi connectivity index (χ1n) is 6.32. The number of aliphatic hydroxyl groups is 2. The number of nitrogens with one attached hydrogen (secondary N) is 1. The zero-order valence-electron chi connectivity index (χ0n) is 10.5. The summed E-state index contributed by atoms with van der Waals surface area (Å²) >= 11 is 0. The summed E-state index contributed by atoms with van der Waals surface area (Å²) in [7, 11) is 0. The number of nitrogens with zero attached hydrogens (tertiary/aromatic N) is 2. The topological polar surface area (TPSA) is 79.5 Å². The van der Waals surface area contributed by atoms with Gasteiger partial charge in [-0.05, 0) is 18.8 Å². The summed E-state index contributed by atoms with van der Waals surface area (Å²) in [6.45, 7) is 4.68. The highest BCUT2D eigenvalue weighted by Crippen LogP contribution is 2.21. The van der Waals surface area contributed by atoms with Crippen LogP contribution in [0.2, 0.25) is 0 Å². The van der Waals surface area contributed by atoms with Gasteiger partial charge in [0.25, 0.3) is 0 Å². The Bertz CT molecular complexity index is 255. The maximum absolute atomic E-state index is 9.93. The van der Waals surface area contributed by atoms with Gasteiger partial charge in [0, 0.05) is 25.7 Å². The summed E-state index contributed by atoms with van der Waals surface area (Å²) in [5.74, 6) is 0.221. The quantitative estimate of drug-likeness (QED) is 0.549. The molecule has 1 heterocycles. The molecule has 1 aliphatic rings. The van der Waals surface area contributed by atoms with Gasteiger partial charge in [-0.25, -0.2) is 0 Å². The Balaban J connectivity index is 2.53. The summed E-state index contributed by atoms with van der Waals surface area (Å²) in [6.07, 6.45) is 1.37. The smallest absolute Gasteiger partial charge is 0.0866 e. The molecule has 3 unspecified atom stereocenters. The molecule has 0 aromatic heterocycles. The molecule has 3 N–H and O–H groups in total. The van der Waals surface area contributed by atoms with Crippen molar-refractivity contribution in [2.75, 3.05) is 32.8 Å². The molecule has 5 heteroatoms. The van der Waals surface area contributed by atoms with E-state index in [1.54, 1.807) is 0 Å². The van der Waals surface area contributed by atoms with E-state index in [-0.39, 0.29) is 24.7 Å². The van der Waals surface area contributed by atoms with Crippen LogP contribution in [0.15, 0.2) is 0 Å². The first-order chi connectivity index (χ1) is 8.21. The zero-order chi connectivity index (χ0) is 12.7. The molecule has 0 bridgehead atoms. The van der Waals surface area contributed by atoms with Crippen molar-refractivity contribution < 1.29 is 10.2 Å². The van der Waals surface area contributed by atoms with Crippen molar-refractivity contribution in [3.63, 3.8) is 0 Å². The van der Waals surface area contributed by atoms with E-state index in [1.807, 2.05) is 6.92 Å². The van der Waals surface area contributed by atoms with Gasteiger partial charge in [-0.2, -0.15) is 5.26 Å². The molecule has 98 valence electrons. The fourth-order valence-corrected chi connectivity index (χ4v) is 2.49. The fraction of sp³-hybridized carbons (Fsp3) is 0.917. The monoisotopic (exact) mass is 241 g/mol. The third kappa shape index (κ3) is 4.60. The highest BCUT2D eigenvalue weighted by Gasteiger charge is 2.30. The van der Waals surface area contributed by atoms with Crippen LogP contribution in [0.3, 0.4) is 0 Å². The van der Waals surface area contributed by atoms with Crippen LogP contribution in [0.25, 0.3) is 0 Å². The van der Waals surface area contributed by atoms with Gasteiger partial charge in [0.2, 0.25) is 0 Å². The summed E-state index contributed by atoms with van der Waals surface area (Å²) < 4.78 is 0. The Kier molecular flexibility index (Phi) is 6.45. The van der Waals surface area contributed by atoms with E-state index >= 15 is 0 Å². The van der Waals surface area contributed by atoms with Crippen LogP contribution in [0.1, 0.15) is 19.8 Å². The lowest BCUT2D eigenvalue weighted by atomic mass is 9.88. The third-order valence-electron chi connectivity index (χ3n) is 3.36. The van der Waals surface area contributed by atoms with E-state index in [9.17, 15) is 5.11 Å². The lowest BCUT2D eigenvalue weighted by molar-refractivity contribution is 0.0396. The standard InChI is InChI=1S/C12H23N3O2/c1-2-12(17)10-7-11(14-4-6-16)9-15(8-10)5-3-13/h10-12,14,16-17H,2,4-9H2,1H3. The van der Waals surface area contributed by atoms with Crippen molar-refractivity contribution in [1.29, 1.82) is 5.26 Å². The lowest BCUT2D eigenvalue weighted by Crippen LogP contribution is -2.52. The molecule has 5 nitrogen and oxygen atoms in total. The largest absolute Gasteiger partial charge is 0.395 e. The Morgan fingerprint density at radius 1 is 1.53 bits per heavy atom. The van der Waals surface area contributed by atoms with Gasteiger partial charge in [-0.15, -0.1) is 0 Å². The molecule has 0 aromatic carbocycles. The van der Waals surface area contributed by atoms with Crippen LogP contribution in [-0.4, -0.2) is 60.0 Å².